The molecular formula is C30H31N3O3. The van der Waals surface area contributed by atoms with Gasteiger partial charge in [-0.15, -0.1) is 0 Å². The van der Waals surface area contributed by atoms with Gasteiger partial charge in [0.2, 0.25) is 0 Å². The number of para-hydroxylation sites is 2. The van der Waals surface area contributed by atoms with Crippen molar-refractivity contribution in [1.82, 2.24) is 5.32 Å². The quantitative estimate of drug-likeness (QED) is 0.437. The van der Waals surface area contributed by atoms with E-state index in [1.807, 2.05) is 66.7 Å². The molecule has 2 atom stereocenters. The highest BCUT2D eigenvalue weighted by Gasteiger charge is 2.42. The van der Waals surface area contributed by atoms with Gasteiger partial charge in [0.05, 0.1) is 23.7 Å². The van der Waals surface area contributed by atoms with Crippen LogP contribution in [0.2, 0.25) is 0 Å². The van der Waals surface area contributed by atoms with E-state index in [0.717, 1.165) is 54.1 Å². The first kappa shape index (κ1) is 22.7. The lowest BCUT2D eigenvalue weighted by Crippen LogP contribution is -2.48. The fourth-order valence-corrected chi connectivity index (χ4v) is 5.98. The highest BCUT2D eigenvalue weighted by molar-refractivity contribution is 6.06. The fraction of sp³-hybridized carbons (Fsp3) is 0.333. The summed E-state index contributed by atoms with van der Waals surface area (Å²) in [7, 11) is 0. The number of nitrogens with one attached hydrogen (secondary N) is 2. The molecule has 1 aromatic heterocycles. The molecular weight excluding hydrogens is 450 g/mol. The SMILES string of the molecule is O=C1C[C@@H](c2ccco2)CC2=C1[C@H](c1ccccc1)N(C(=O)NC1CCCCC1)c1ccccc1N2. The molecule has 2 N–H and O–H groups in total. The third-order valence-electron chi connectivity index (χ3n) is 7.70. The number of hydrogen-bond acceptors (Lipinski definition) is 4. The number of urea groups is 1. The van der Waals surface area contributed by atoms with Gasteiger partial charge < -0.3 is 15.1 Å². The van der Waals surface area contributed by atoms with Gasteiger partial charge in [0.25, 0.3) is 0 Å². The van der Waals surface area contributed by atoms with Gasteiger partial charge in [0.15, 0.2) is 5.78 Å². The van der Waals surface area contributed by atoms with Crippen molar-refractivity contribution in [3.63, 3.8) is 0 Å². The van der Waals surface area contributed by atoms with Crippen molar-refractivity contribution in [2.24, 2.45) is 0 Å². The van der Waals surface area contributed by atoms with E-state index in [9.17, 15) is 9.59 Å². The summed E-state index contributed by atoms with van der Waals surface area (Å²) in [5.41, 5.74) is 4.06. The van der Waals surface area contributed by atoms with E-state index in [0.29, 0.717) is 18.4 Å². The van der Waals surface area contributed by atoms with E-state index in [1.54, 1.807) is 11.2 Å². The van der Waals surface area contributed by atoms with Gasteiger partial charge in [-0.25, -0.2) is 4.79 Å². The van der Waals surface area contributed by atoms with Crippen molar-refractivity contribution in [3.8, 4) is 0 Å². The molecule has 2 aliphatic carbocycles. The Morgan fingerprint density at radius 1 is 0.917 bits per heavy atom. The Hall–Kier alpha value is -3.80. The Kier molecular flexibility index (Phi) is 6.09. The molecule has 0 unspecified atom stereocenters. The van der Waals surface area contributed by atoms with Crippen LogP contribution in [-0.4, -0.2) is 17.9 Å². The van der Waals surface area contributed by atoms with Gasteiger partial charge in [-0.1, -0.05) is 61.7 Å². The maximum absolute atomic E-state index is 14.0. The van der Waals surface area contributed by atoms with Crippen molar-refractivity contribution in [1.29, 1.82) is 0 Å². The second-order valence-electron chi connectivity index (χ2n) is 10.0. The number of carbonyl (C=O) groups is 2. The summed E-state index contributed by atoms with van der Waals surface area (Å²) in [6, 6.07) is 21.1. The Morgan fingerprint density at radius 2 is 1.69 bits per heavy atom. The lowest BCUT2D eigenvalue weighted by Gasteiger charge is -2.36. The van der Waals surface area contributed by atoms with Gasteiger partial charge in [0.1, 0.15) is 5.76 Å². The van der Waals surface area contributed by atoms with Crippen molar-refractivity contribution < 1.29 is 14.0 Å². The largest absolute Gasteiger partial charge is 0.469 e. The third-order valence-corrected chi connectivity index (χ3v) is 7.70. The van der Waals surface area contributed by atoms with Crippen LogP contribution < -0.4 is 15.5 Å². The van der Waals surface area contributed by atoms with Gasteiger partial charge in [-0.2, -0.15) is 0 Å². The van der Waals surface area contributed by atoms with Gasteiger partial charge in [-0.3, -0.25) is 9.69 Å². The Labute approximate surface area is 211 Å². The number of benzene rings is 2. The number of anilines is 2. The molecule has 36 heavy (non-hydrogen) atoms. The molecule has 1 fully saturated rings. The molecule has 2 heterocycles. The van der Waals surface area contributed by atoms with Crippen LogP contribution in [0.1, 0.15) is 68.2 Å². The first-order valence-electron chi connectivity index (χ1n) is 13.0. The molecule has 1 saturated carbocycles. The van der Waals surface area contributed by atoms with Gasteiger partial charge in [-0.05, 0) is 49.1 Å². The zero-order valence-corrected chi connectivity index (χ0v) is 20.3. The standard InChI is InChI=1S/C30H31N3O3/c34-26-19-21(27-16-9-17-36-27)18-24-28(26)29(20-10-3-1-4-11-20)33(25-15-8-7-14-23(25)32-24)30(35)31-22-12-5-2-6-13-22/h1,3-4,7-11,14-17,21-22,29,32H,2,5-6,12-13,18-19H2,(H,31,35)/t21-,29-/m0/s1. The van der Waals surface area contributed by atoms with Crippen molar-refractivity contribution in [2.45, 2.75) is 62.9 Å². The number of rotatable bonds is 3. The summed E-state index contributed by atoms with van der Waals surface area (Å²) >= 11 is 0. The molecule has 3 aromatic rings. The Bertz CT molecular complexity index is 1280. The fourth-order valence-electron chi connectivity index (χ4n) is 5.98. The van der Waals surface area contributed by atoms with Crippen molar-refractivity contribution in [3.05, 3.63) is 95.6 Å². The minimum atomic E-state index is -0.522. The molecule has 1 aliphatic heterocycles. The summed E-state index contributed by atoms with van der Waals surface area (Å²) in [4.78, 5) is 29.7. The zero-order valence-electron chi connectivity index (χ0n) is 20.3. The van der Waals surface area contributed by atoms with Crippen LogP contribution in [0.25, 0.3) is 0 Å². The summed E-state index contributed by atoms with van der Waals surface area (Å²) in [5, 5.41) is 6.88. The van der Waals surface area contributed by atoms with E-state index < -0.39 is 6.04 Å². The van der Waals surface area contributed by atoms with Gasteiger partial charge in [0, 0.05) is 29.7 Å². The molecule has 0 saturated heterocycles. The van der Waals surface area contributed by atoms with E-state index in [2.05, 4.69) is 10.6 Å². The predicted molar refractivity (Wildman–Crippen MR) is 140 cm³/mol. The van der Waals surface area contributed by atoms with Crippen LogP contribution in [0.15, 0.2) is 88.7 Å². The van der Waals surface area contributed by atoms with E-state index in [-0.39, 0.29) is 23.8 Å². The summed E-state index contributed by atoms with van der Waals surface area (Å²) < 4.78 is 5.68. The monoisotopic (exact) mass is 481 g/mol. The minimum absolute atomic E-state index is 0.0371. The van der Waals surface area contributed by atoms with Crippen LogP contribution in [0.4, 0.5) is 16.2 Å². The number of hydrogen-bond donors (Lipinski definition) is 2. The summed E-state index contributed by atoms with van der Waals surface area (Å²) in [6.45, 7) is 0. The Balaban J connectivity index is 1.48. The number of Topliss-reactive ketones (excluding diaryl/α,β-unsaturated/α-hetero) is 1. The van der Waals surface area contributed by atoms with E-state index >= 15 is 0 Å². The lowest BCUT2D eigenvalue weighted by molar-refractivity contribution is -0.116. The van der Waals surface area contributed by atoms with Gasteiger partial charge >= 0.3 is 6.03 Å². The number of amides is 2. The van der Waals surface area contributed by atoms with Crippen LogP contribution in [0.3, 0.4) is 0 Å². The number of nitrogens with zero attached hydrogens (tertiary/aromatic N) is 1. The molecule has 6 nitrogen and oxygen atoms in total. The normalized spacial score (nSPS) is 22.3. The molecule has 6 heteroatoms. The number of ketones is 1. The van der Waals surface area contributed by atoms with Crippen molar-refractivity contribution in [2.75, 3.05) is 10.2 Å². The first-order chi connectivity index (χ1) is 17.7. The molecule has 184 valence electrons. The molecule has 2 amide bonds. The smallest absolute Gasteiger partial charge is 0.323 e. The zero-order chi connectivity index (χ0) is 24.5. The third kappa shape index (κ3) is 4.21. The van der Waals surface area contributed by atoms with Crippen LogP contribution in [-0.2, 0) is 4.79 Å². The lowest BCUT2D eigenvalue weighted by atomic mass is 9.80. The topological polar surface area (TPSA) is 74.6 Å². The van der Waals surface area contributed by atoms with Crippen molar-refractivity contribution >= 4 is 23.2 Å². The predicted octanol–water partition coefficient (Wildman–Crippen LogP) is 6.70. The number of allylic oxidation sites excluding steroid dienone is 1. The average Bonchev–Trinajstić information content (AvgIpc) is 3.40. The maximum atomic E-state index is 14.0. The average molecular weight is 482 g/mol. The minimum Gasteiger partial charge on any atom is -0.469 e. The van der Waals surface area contributed by atoms with Crippen LogP contribution >= 0.6 is 0 Å². The molecule has 0 spiro atoms. The number of furan rings is 1. The number of carbonyl (C=O) groups excluding carboxylic acids is 2. The molecule has 2 aromatic carbocycles. The highest BCUT2D eigenvalue weighted by atomic mass is 16.3. The Morgan fingerprint density at radius 3 is 2.47 bits per heavy atom. The summed E-state index contributed by atoms with van der Waals surface area (Å²) in [6.07, 6.45) is 8.12. The first-order valence-corrected chi connectivity index (χ1v) is 13.0. The molecule has 0 radical (unpaired) electrons. The highest BCUT2D eigenvalue weighted by Crippen LogP contribution is 2.47. The molecule has 6 rings (SSSR count). The second-order valence-corrected chi connectivity index (χ2v) is 10.0. The molecule has 0 bridgehead atoms. The van der Waals surface area contributed by atoms with E-state index in [4.69, 9.17) is 4.42 Å². The second kappa shape index (κ2) is 9.69. The van der Waals surface area contributed by atoms with Crippen LogP contribution in [0.5, 0.6) is 0 Å². The summed E-state index contributed by atoms with van der Waals surface area (Å²) in [5.74, 6) is 0.824. The van der Waals surface area contributed by atoms with Crippen LogP contribution in [0, 0.1) is 0 Å². The van der Waals surface area contributed by atoms with E-state index in [1.165, 1.54) is 6.42 Å². The molecule has 3 aliphatic rings. The number of fused-ring (bicyclic) bond motifs is 1. The maximum Gasteiger partial charge on any atom is 0.323 e.